The third-order valence-corrected chi connectivity index (χ3v) is 12.2. The van der Waals surface area contributed by atoms with Crippen molar-refractivity contribution in [1.82, 2.24) is 0 Å². The van der Waals surface area contributed by atoms with Crippen LogP contribution in [0.1, 0.15) is 31.8 Å². The highest BCUT2D eigenvalue weighted by atomic mass is 32.2. The molecule has 0 heterocycles. The monoisotopic (exact) mass is 805 g/mol. The number of rotatable bonds is 14. The Balaban J connectivity index is 1.57. The van der Waals surface area contributed by atoms with Gasteiger partial charge in [-0.2, -0.15) is 16.8 Å². The molecule has 3 amide bonds. The molecule has 0 spiro atoms. The number of hydrogen-bond donors (Lipinski definition) is 5. The Labute approximate surface area is 302 Å². The highest BCUT2D eigenvalue weighted by Crippen LogP contribution is 2.27. The first-order chi connectivity index (χ1) is 24.6. The zero-order chi connectivity index (χ0) is 39.4. The second kappa shape index (κ2) is 15.6. The van der Waals surface area contributed by atoms with Gasteiger partial charge in [0.25, 0.3) is 32.1 Å². The Bertz CT molecular complexity index is 2600. The number of sulfone groups is 2. The molecule has 53 heavy (non-hydrogen) atoms. The molecule has 0 unspecified atom stereocenters. The molecule has 4 aromatic rings. The van der Waals surface area contributed by atoms with Crippen LogP contribution in [0.25, 0.3) is 12.2 Å². The molecule has 0 radical (unpaired) electrons. The SMILES string of the molecule is NC(=O)CS(=O)(=O)c1ccc(C(=O)Nc2ccc(C=Cc3ccc(NC(=O)c4ccc(S(=O)(=O)CC=O)cc4)cc3S(=O)(=O)O)c(S(=O)(=O)O)c2)cc1. The topological polar surface area (TPSA) is 295 Å². The van der Waals surface area contributed by atoms with E-state index in [2.05, 4.69) is 10.6 Å². The maximum absolute atomic E-state index is 12.8. The molecule has 0 fully saturated rings. The van der Waals surface area contributed by atoms with E-state index in [-0.39, 0.29) is 49.7 Å². The molecule has 0 saturated carbocycles. The predicted molar refractivity (Wildman–Crippen MR) is 190 cm³/mol. The first-order valence-electron chi connectivity index (χ1n) is 14.5. The Hall–Kier alpha value is -5.58. The van der Waals surface area contributed by atoms with Gasteiger partial charge in [-0.25, -0.2) is 16.8 Å². The van der Waals surface area contributed by atoms with Gasteiger partial charge in [0.15, 0.2) is 19.7 Å². The molecule has 0 saturated heterocycles. The summed E-state index contributed by atoms with van der Waals surface area (Å²) in [7, 11) is -17.9. The summed E-state index contributed by atoms with van der Waals surface area (Å²) in [6.45, 7) is 0. The summed E-state index contributed by atoms with van der Waals surface area (Å²) in [5, 5.41) is 4.79. The van der Waals surface area contributed by atoms with Gasteiger partial charge in [-0.05, 0) is 83.9 Å². The first kappa shape index (κ1) is 40.2. The number of aldehydes is 1. The number of carbonyl (C=O) groups is 4. The smallest absolute Gasteiger partial charge is 0.295 e. The first-order valence-corrected chi connectivity index (χ1v) is 20.7. The fourth-order valence-electron chi connectivity index (χ4n) is 4.62. The van der Waals surface area contributed by atoms with E-state index in [4.69, 9.17) is 5.73 Å². The molecule has 17 nitrogen and oxygen atoms in total. The van der Waals surface area contributed by atoms with Crippen LogP contribution in [0.2, 0.25) is 0 Å². The summed E-state index contributed by atoms with van der Waals surface area (Å²) in [5.41, 5.74) is 4.25. The predicted octanol–water partition coefficient (Wildman–Crippen LogP) is 2.09. The Morgan fingerprint density at radius 1 is 0.585 bits per heavy atom. The molecule has 4 rings (SSSR count). The Morgan fingerprint density at radius 3 is 1.30 bits per heavy atom. The van der Waals surface area contributed by atoms with Gasteiger partial charge in [0.05, 0.1) is 9.79 Å². The van der Waals surface area contributed by atoms with Gasteiger partial charge in [0.1, 0.15) is 27.6 Å². The zero-order valence-corrected chi connectivity index (χ0v) is 30.0. The molecule has 0 bridgehead atoms. The van der Waals surface area contributed by atoms with Crippen molar-refractivity contribution in [2.75, 3.05) is 22.1 Å². The molecule has 0 aliphatic carbocycles. The van der Waals surface area contributed by atoms with Gasteiger partial charge in [0.2, 0.25) is 5.91 Å². The zero-order valence-electron chi connectivity index (χ0n) is 26.7. The number of primary amides is 1. The van der Waals surface area contributed by atoms with Crippen molar-refractivity contribution in [2.24, 2.45) is 5.73 Å². The molecular formula is C32H27N3O14S4. The van der Waals surface area contributed by atoms with E-state index in [1.165, 1.54) is 24.3 Å². The van der Waals surface area contributed by atoms with E-state index in [1.54, 1.807) is 0 Å². The summed E-state index contributed by atoms with van der Waals surface area (Å²) in [4.78, 5) is 45.3. The molecule has 0 aliphatic rings. The van der Waals surface area contributed by atoms with Crippen LogP contribution in [0.5, 0.6) is 0 Å². The summed E-state index contributed by atoms with van der Waals surface area (Å²) < 4.78 is 117. The molecule has 0 atom stereocenters. The van der Waals surface area contributed by atoms with Crippen LogP contribution in [-0.2, 0) is 49.5 Å². The number of carbonyl (C=O) groups excluding carboxylic acids is 4. The number of nitrogens with two attached hydrogens (primary N) is 1. The van der Waals surface area contributed by atoms with Gasteiger partial charge >= 0.3 is 0 Å². The normalized spacial score (nSPS) is 12.3. The number of benzene rings is 4. The average Bonchev–Trinajstić information content (AvgIpc) is 3.06. The second-order valence-electron chi connectivity index (χ2n) is 10.9. The van der Waals surface area contributed by atoms with Crippen LogP contribution in [0.3, 0.4) is 0 Å². The van der Waals surface area contributed by atoms with E-state index < -0.39 is 78.9 Å². The lowest BCUT2D eigenvalue weighted by molar-refractivity contribution is -0.115. The van der Waals surface area contributed by atoms with Crippen LogP contribution in [-0.4, -0.2) is 78.3 Å². The highest BCUT2D eigenvalue weighted by molar-refractivity contribution is 7.92. The molecule has 6 N–H and O–H groups in total. The molecule has 0 aromatic heterocycles. The van der Waals surface area contributed by atoms with Crippen molar-refractivity contribution in [3.8, 4) is 0 Å². The lowest BCUT2D eigenvalue weighted by atomic mass is 10.1. The largest absolute Gasteiger partial charge is 0.369 e. The average molecular weight is 806 g/mol. The van der Waals surface area contributed by atoms with Gasteiger partial charge in [-0.15, -0.1) is 0 Å². The van der Waals surface area contributed by atoms with Crippen molar-refractivity contribution in [1.29, 1.82) is 0 Å². The van der Waals surface area contributed by atoms with Crippen LogP contribution in [0.4, 0.5) is 11.4 Å². The van der Waals surface area contributed by atoms with Crippen LogP contribution in [0.15, 0.2) is 105 Å². The third-order valence-electron chi connectivity index (χ3n) is 7.11. The molecule has 21 heteroatoms. The van der Waals surface area contributed by atoms with Crippen molar-refractivity contribution >= 4 is 87.4 Å². The van der Waals surface area contributed by atoms with Crippen molar-refractivity contribution in [2.45, 2.75) is 19.6 Å². The highest BCUT2D eigenvalue weighted by Gasteiger charge is 2.21. The van der Waals surface area contributed by atoms with Gasteiger partial charge in [-0.3, -0.25) is 23.5 Å². The van der Waals surface area contributed by atoms with Crippen molar-refractivity contribution in [3.05, 3.63) is 107 Å². The van der Waals surface area contributed by atoms with E-state index in [1.807, 2.05) is 0 Å². The second-order valence-corrected chi connectivity index (χ2v) is 17.7. The third kappa shape index (κ3) is 10.3. The molecular weight excluding hydrogens is 779 g/mol. The Morgan fingerprint density at radius 2 is 0.962 bits per heavy atom. The summed E-state index contributed by atoms with van der Waals surface area (Å²) >= 11 is 0. The lowest BCUT2D eigenvalue weighted by Gasteiger charge is -2.11. The minimum Gasteiger partial charge on any atom is -0.369 e. The van der Waals surface area contributed by atoms with Crippen molar-refractivity contribution < 1.29 is 62.0 Å². The number of hydrogen-bond acceptors (Lipinski definition) is 12. The standard InChI is InChI=1S/C32H27N3O14S4/c33-30(37)19-51(42,43)27-13-7-23(8-14-27)32(39)35-25-10-4-21(29(18-25)53(47,48)49)2-1-20-3-9-24(17-28(20)52(44,45)46)34-31(38)22-5-11-26(12-6-22)50(40,41)16-15-36/h1-15,17-18H,16,19H2,(H2,33,37)(H,34,38)(H,35,39)(H,44,45,46)(H,47,48,49). The van der Waals surface area contributed by atoms with E-state index in [0.717, 1.165) is 72.8 Å². The quantitative estimate of drug-likeness (QED) is 0.0693. The number of anilines is 2. The number of nitrogens with one attached hydrogen (secondary N) is 2. The van der Waals surface area contributed by atoms with E-state index in [9.17, 15) is 62.0 Å². The number of amides is 3. The van der Waals surface area contributed by atoms with Gasteiger partial charge in [-0.1, -0.05) is 24.3 Å². The van der Waals surface area contributed by atoms with Crippen LogP contribution in [0, 0.1) is 0 Å². The summed E-state index contributed by atoms with van der Waals surface area (Å²) in [6.07, 6.45) is 2.39. The molecule has 0 aliphatic heterocycles. The summed E-state index contributed by atoms with van der Waals surface area (Å²) in [5.74, 6) is -4.37. The van der Waals surface area contributed by atoms with Gasteiger partial charge < -0.3 is 21.2 Å². The Kier molecular flexibility index (Phi) is 11.8. The van der Waals surface area contributed by atoms with E-state index in [0.29, 0.717) is 0 Å². The molecule has 278 valence electrons. The fourth-order valence-corrected chi connectivity index (χ4v) is 8.05. The minimum absolute atomic E-state index is 0.0322. The van der Waals surface area contributed by atoms with Crippen LogP contribution < -0.4 is 16.4 Å². The fraction of sp³-hybridized carbons (Fsp3) is 0.0625. The van der Waals surface area contributed by atoms with Crippen LogP contribution >= 0.6 is 0 Å². The maximum Gasteiger partial charge on any atom is 0.295 e. The lowest BCUT2D eigenvalue weighted by Crippen LogP contribution is -2.23. The minimum atomic E-state index is -4.96. The molecule has 4 aromatic carbocycles. The summed E-state index contributed by atoms with van der Waals surface area (Å²) in [6, 6.07) is 15.6. The van der Waals surface area contributed by atoms with E-state index >= 15 is 0 Å². The maximum atomic E-state index is 12.8. The van der Waals surface area contributed by atoms with Gasteiger partial charge in [0, 0.05) is 22.5 Å². The van der Waals surface area contributed by atoms with Crippen molar-refractivity contribution in [3.63, 3.8) is 0 Å².